The lowest BCUT2D eigenvalue weighted by atomic mass is 10.1. The van der Waals surface area contributed by atoms with Crippen molar-refractivity contribution in [3.05, 3.63) is 18.2 Å². The fourth-order valence-electron chi connectivity index (χ4n) is 2.29. The molecule has 0 saturated carbocycles. The van der Waals surface area contributed by atoms with E-state index in [4.69, 9.17) is 4.74 Å². The van der Waals surface area contributed by atoms with E-state index in [1.54, 1.807) is 7.11 Å². The Hall–Kier alpha value is -0.870. The van der Waals surface area contributed by atoms with Gasteiger partial charge in [-0.2, -0.15) is 0 Å². The third-order valence-corrected chi connectivity index (χ3v) is 3.28. The molecular weight excluding hydrogens is 238 g/mol. The molecule has 0 spiro atoms. The van der Waals surface area contributed by atoms with Crippen LogP contribution in [-0.2, 0) is 17.7 Å². The molecule has 19 heavy (non-hydrogen) atoms. The average molecular weight is 267 g/mol. The molecule has 0 radical (unpaired) electrons. The SMILES string of the molecule is CCCNC(CCCOC)Cc1nccn1CCC. The Balaban J connectivity index is 2.51. The second-order valence-corrected chi connectivity index (χ2v) is 5.03. The van der Waals surface area contributed by atoms with Gasteiger partial charge in [0, 0.05) is 45.1 Å². The maximum absolute atomic E-state index is 5.15. The summed E-state index contributed by atoms with van der Waals surface area (Å²) in [5.41, 5.74) is 0. The minimum atomic E-state index is 0.508. The summed E-state index contributed by atoms with van der Waals surface area (Å²) in [6.45, 7) is 7.39. The Bertz CT molecular complexity index is 325. The molecule has 1 aromatic rings. The highest BCUT2D eigenvalue weighted by Crippen LogP contribution is 2.08. The van der Waals surface area contributed by atoms with Crippen molar-refractivity contribution in [2.45, 2.75) is 58.5 Å². The maximum atomic E-state index is 5.15. The smallest absolute Gasteiger partial charge is 0.110 e. The van der Waals surface area contributed by atoms with Gasteiger partial charge < -0.3 is 14.6 Å². The van der Waals surface area contributed by atoms with Crippen molar-refractivity contribution < 1.29 is 4.74 Å². The molecule has 1 aromatic heterocycles. The van der Waals surface area contributed by atoms with Crippen LogP contribution < -0.4 is 5.32 Å². The standard InChI is InChI=1S/C15H29N3O/c1-4-8-16-14(7-6-12-19-3)13-15-17-9-11-18(15)10-5-2/h9,11,14,16H,4-8,10,12-13H2,1-3H3. The lowest BCUT2D eigenvalue weighted by Gasteiger charge is -2.18. The topological polar surface area (TPSA) is 39.1 Å². The van der Waals surface area contributed by atoms with Crippen LogP contribution in [0.25, 0.3) is 0 Å². The van der Waals surface area contributed by atoms with E-state index in [1.807, 2.05) is 6.20 Å². The number of methoxy groups -OCH3 is 1. The van der Waals surface area contributed by atoms with Gasteiger partial charge in [0.1, 0.15) is 5.82 Å². The first-order chi connectivity index (χ1) is 9.31. The summed E-state index contributed by atoms with van der Waals surface area (Å²) in [5.74, 6) is 1.20. The zero-order chi connectivity index (χ0) is 13.9. The minimum Gasteiger partial charge on any atom is -0.385 e. The van der Waals surface area contributed by atoms with Crippen molar-refractivity contribution in [2.75, 3.05) is 20.3 Å². The third-order valence-electron chi connectivity index (χ3n) is 3.28. The van der Waals surface area contributed by atoms with E-state index in [2.05, 4.69) is 34.9 Å². The number of hydrogen-bond acceptors (Lipinski definition) is 3. The summed E-state index contributed by atoms with van der Waals surface area (Å²) in [5, 5.41) is 3.63. The van der Waals surface area contributed by atoms with Gasteiger partial charge in [-0.3, -0.25) is 0 Å². The highest BCUT2D eigenvalue weighted by Gasteiger charge is 2.12. The Morgan fingerprint density at radius 1 is 1.37 bits per heavy atom. The summed E-state index contributed by atoms with van der Waals surface area (Å²) in [4.78, 5) is 4.50. The van der Waals surface area contributed by atoms with Gasteiger partial charge in [-0.1, -0.05) is 13.8 Å². The van der Waals surface area contributed by atoms with E-state index in [-0.39, 0.29) is 0 Å². The molecule has 0 saturated heterocycles. The molecule has 0 aliphatic rings. The molecule has 1 rings (SSSR count). The number of aryl methyl sites for hydroxylation is 1. The number of imidazole rings is 1. The zero-order valence-electron chi connectivity index (χ0n) is 12.7. The normalized spacial score (nSPS) is 12.8. The Morgan fingerprint density at radius 2 is 2.21 bits per heavy atom. The second-order valence-electron chi connectivity index (χ2n) is 5.03. The first-order valence-corrected chi connectivity index (χ1v) is 7.54. The van der Waals surface area contributed by atoms with E-state index >= 15 is 0 Å². The largest absolute Gasteiger partial charge is 0.385 e. The van der Waals surface area contributed by atoms with Crippen LogP contribution in [0, 0.1) is 0 Å². The summed E-state index contributed by atoms with van der Waals surface area (Å²) in [6, 6.07) is 0.508. The molecule has 4 nitrogen and oxygen atoms in total. The molecule has 0 bridgehead atoms. The molecule has 0 fully saturated rings. The van der Waals surface area contributed by atoms with Crippen LogP contribution in [0.15, 0.2) is 12.4 Å². The van der Waals surface area contributed by atoms with Gasteiger partial charge in [0.15, 0.2) is 0 Å². The van der Waals surface area contributed by atoms with Gasteiger partial charge in [0.2, 0.25) is 0 Å². The first kappa shape index (κ1) is 16.2. The predicted molar refractivity (Wildman–Crippen MR) is 79.4 cm³/mol. The fraction of sp³-hybridized carbons (Fsp3) is 0.800. The molecule has 110 valence electrons. The highest BCUT2D eigenvalue weighted by molar-refractivity contribution is 4.95. The van der Waals surface area contributed by atoms with Gasteiger partial charge in [-0.05, 0) is 32.2 Å². The number of nitrogens with zero attached hydrogens (tertiary/aromatic N) is 2. The average Bonchev–Trinajstić information content (AvgIpc) is 2.84. The first-order valence-electron chi connectivity index (χ1n) is 7.54. The lowest BCUT2D eigenvalue weighted by molar-refractivity contribution is 0.188. The van der Waals surface area contributed by atoms with Crippen molar-refractivity contribution in [1.82, 2.24) is 14.9 Å². The Morgan fingerprint density at radius 3 is 2.89 bits per heavy atom. The fourth-order valence-corrected chi connectivity index (χ4v) is 2.29. The van der Waals surface area contributed by atoms with Gasteiger partial charge in [-0.15, -0.1) is 0 Å². The summed E-state index contributed by atoms with van der Waals surface area (Å²) in [7, 11) is 1.77. The number of aromatic nitrogens is 2. The van der Waals surface area contributed by atoms with Crippen LogP contribution in [0.3, 0.4) is 0 Å². The maximum Gasteiger partial charge on any atom is 0.110 e. The van der Waals surface area contributed by atoms with Crippen molar-refractivity contribution in [3.8, 4) is 0 Å². The lowest BCUT2D eigenvalue weighted by Crippen LogP contribution is -2.33. The van der Waals surface area contributed by atoms with Crippen molar-refractivity contribution in [1.29, 1.82) is 0 Å². The number of nitrogens with one attached hydrogen (secondary N) is 1. The monoisotopic (exact) mass is 267 g/mol. The van der Waals surface area contributed by atoms with E-state index < -0.39 is 0 Å². The predicted octanol–water partition coefficient (Wildman–Crippen LogP) is 2.63. The van der Waals surface area contributed by atoms with Gasteiger partial charge >= 0.3 is 0 Å². The molecule has 4 heteroatoms. The summed E-state index contributed by atoms with van der Waals surface area (Å²) < 4.78 is 7.42. The van der Waals surface area contributed by atoms with Gasteiger partial charge in [-0.25, -0.2) is 4.98 Å². The van der Waals surface area contributed by atoms with Crippen LogP contribution in [0.1, 0.15) is 45.4 Å². The Kier molecular flexibility index (Phi) is 8.50. The molecule has 1 heterocycles. The molecular formula is C15H29N3O. The number of ether oxygens (including phenoxy) is 1. The molecule has 0 amide bonds. The van der Waals surface area contributed by atoms with Crippen molar-refractivity contribution in [3.63, 3.8) is 0 Å². The molecule has 0 aliphatic carbocycles. The minimum absolute atomic E-state index is 0.508. The number of rotatable bonds is 11. The zero-order valence-corrected chi connectivity index (χ0v) is 12.7. The van der Waals surface area contributed by atoms with Crippen molar-refractivity contribution >= 4 is 0 Å². The van der Waals surface area contributed by atoms with Gasteiger partial charge in [0.25, 0.3) is 0 Å². The summed E-state index contributed by atoms with van der Waals surface area (Å²) >= 11 is 0. The van der Waals surface area contributed by atoms with E-state index in [9.17, 15) is 0 Å². The molecule has 0 aliphatic heterocycles. The highest BCUT2D eigenvalue weighted by atomic mass is 16.5. The second kappa shape index (κ2) is 9.98. The van der Waals surface area contributed by atoms with E-state index in [0.29, 0.717) is 6.04 Å². The van der Waals surface area contributed by atoms with Crippen LogP contribution in [-0.4, -0.2) is 35.9 Å². The molecule has 1 N–H and O–H groups in total. The van der Waals surface area contributed by atoms with Crippen LogP contribution >= 0.6 is 0 Å². The van der Waals surface area contributed by atoms with E-state index in [1.165, 1.54) is 12.2 Å². The van der Waals surface area contributed by atoms with E-state index in [0.717, 1.165) is 45.4 Å². The van der Waals surface area contributed by atoms with Crippen LogP contribution in [0.4, 0.5) is 0 Å². The quantitative estimate of drug-likeness (QED) is 0.626. The number of hydrogen-bond donors (Lipinski definition) is 1. The van der Waals surface area contributed by atoms with Crippen molar-refractivity contribution in [2.24, 2.45) is 0 Å². The third kappa shape index (κ3) is 6.21. The molecule has 0 aromatic carbocycles. The van der Waals surface area contributed by atoms with Crippen LogP contribution in [0.5, 0.6) is 0 Å². The Labute approximate surface area is 117 Å². The van der Waals surface area contributed by atoms with Gasteiger partial charge in [0.05, 0.1) is 0 Å². The summed E-state index contributed by atoms with van der Waals surface area (Å²) in [6.07, 6.45) is 9.59. The molecule has 1 atom stereocenters. The molecule has 1 unspecified atom stereocenters. The van der Waals surface area contributed by atoms with Crippen LogP contribution in [0.2, 0.25) is 0 Å².